The Morgan fingerprint density at radius 1 is 1.40 bits per heavy atom. The standard InChI is InChI=1S/C13H17N3O4/c1-5-16-20-7-11-12(9(2)14-8-15-11)10(6-18-3)13(17)19-4/h5-6,8H,7H2,1-4H3/b10-6+,16-5?. The van der Waals surface area contributed by atoms with E-state index in [1.165, 1.54) is 33.0 Å². The number of hydrogen-bond donors (Lipinski definition) is 0. The predicted octanol–water partition coefficient (Wildman–Crippen LogP) is 1.47. The summed E-state index contributed by atoms with van der Waals surface area (Å²) >= 11 is 0. The average molecular weight is 279 g/mol. The van der Waals surface area contributed by atoms with Crippen molar-refractivity contribution in [1.82, 2.24) is 9.97 Å². The molecule has 0 saturated heterocycles. The Bertz CT molecular complexity index is 526. The third kappa shape index (κ3) is 3.78. The maximum atomic E-state index is 11.8. The van der Waals surface area contributed by atoms with Crippen LogP contribution in [0.3, 0.4) is 0 Å². The number of esters is 1. The van der Waals surface area contributed by atoms with Crippen molar-refractivity contribution < 1.29 is 19.1 Å². The lowest BCUT2D eigenvalue weighted by molar-refractivity contribution is -0.133. The highest BCUT2D eigenvalue weighted by molar-refractivity contribution is 6.16. The van der Waals surface area contributed by atoms with E-state index in [9.17, 15) is 4.79 Å². The van der Waals surface area contributed by atoms with E-state index in [-0.39, 0.29) is 12.2 Å². The molecule has 1 rings (SSSR count). The van der Waals surface area contributed by atoms with E-state index >= 15 is 0 Å². The molecule has 0 unspecified atom stereocenters. The molecule has 0 aliphatic rings. The van der Waals surface area contributed by atoms with Gasteiger partial charge in [-0.2, -0.15) is 0 Å². The lowest BCUT2D eigenvalue weighted by Gasteiger charge is -2.11. The number of rotatable bonds is 6. The molecule has 0 aromatic carbocycles. The van der Waals surface area contributed by atoms with Crippen molar-refractivity contribution in [3.8, 4) is 0 Å². The SMILES string of the molecule is CC=NOCc1ncnc(C)c1/C(=C\OC)C(=O)OC. The Morgan fingerprint density at radius 3 is 2.75 bits per heavy atom. The van der Waals surface area contributed by atoms with Gasteiger partial charge >= 0.3 is 5.97 Å². The summed E-state index contributed by atoms with van der Waals surface area (Å²) in [4.78, 5) is 25.1. The van der Waals surface area contributed by atoms with Gasteiger partial charge in [-0.1, -0.05) is 5.16 Å². The van der Waals surface area contributed by atoms with E-state index in [0.717, 1.165) is 0 Å². The minimum absolute atomic E-state index is 0.112. The summed E-state index contributed by atoms with van der Waals surface area (Å²) < 4.78 is 9.67. The first kappa shape index (κ1) is 15.6. The van der Waals surface area contributed by atoms with Crippen LogP contribution in [0.25, 0.3) is 5.57 Å². The van der Waals surface area contributed by atoms with Gasteiger partial charge in [-0.15, -0.1) is 0 Å². The van der Waals surface area contributed by atoms with Crippen LogP contribution < -0.4 is 0 Å². The van der Waals surface area contributed by atoms with Gasteiger partial charge in [0.2, 0.25) is 0 Å². The van der Waals surface area contributed by atoms with Gasteiger partial charge in [0.15, 0.2) is 6.61 Å². The fourth-order valence-corrected chi connectivity index (χ4v) is 1.59. The largest absolute Gasteiger partial charge is 0.503 e. The minimum atomic E-state index is -0.537. The molecule has 108 valence electrons. The summed E-state index contributed by atoms with van der Waals surface area (Å²) in [5.41, 5.74) is 1.89. The molecule has 0 aliphatic carbocycles. The molecule has 1 aromatic rings. The monoisotopic (exact) mass is 279 g/mol. The Morgan fingerprint density at radius 2 is 2.15 bits per heavy atom. The maximum Gasteiger partial charge on any atom is 0.341 e. The van der Waals surface area contributed by atoms with Crippen molar-refractivity contribution in [2.75, 3.05) is 14.2 Å². The molecule has 20 heavy (non-hydrogen) atoms. The maximum absolute atomic E-state index is 11.8. The number of methoxy groups -OCH3 is 2. The molecule has 7 nitrogen and oxygen atoms in total. The van der Waals surface area contributed by atoms with E-state index in [0.29, 0.717) is 17.0 Å². The molecule has 1 aromatic heterocycles. The van der Waals surface area contributed by atoms with Gasteiger partial charge in [0.1, 0.15) is 11.9 Å². The third-order valence-corrected chi connectivity index (χ3v) is 2.41. The Kier molecular flexibility index (Phi) is 6.15. The summed E-state index contributed by atoms with van der Waals surface area (Å²) in [7, 11) is 2.74. The lowest BCUT2D eigenvalue weighted by atomic mass is 10.0. The molecule has 0 radical (unpaired) electrons. The average Bonchev–Trinajstić information content (AvgIpc) is 2.45. The van der Waals surface area contributed by atoms with Gasteiger partial charge in [-0.25, -0.2) is 14.8 Å². The molecule has 0 spiro atoms. The highest BCUT2D eigenvalue weighted by Gasteiger charge is 2.21. The number of oxime groups is 1. The minimum Gasteiger partial charge on any atom is -0.503 e. The molecule has 0 N–H and O–H groups in total. The zero-order valence-electron chi connectivity index (χ0n) is 11.9. The van der Waals surface area contributed by atoms with Crippen LogP contribution in [0.2, 0.25) is 0 Å². The quantitative estimate of drug-likeness (QED) is 0.258. The first-order valence-corrected chi connectivity index (χ1v) is 5.87. The summed E-state index contributed by atoms with van der Waals surface area (Å²) in [6.07, 6.45) is 4.21. The van der Waals surface area contributed by atoms with Crippen LogP contribution in [-0.2, 0) is 25.7 Å². The molecule has 0 aliphatic heterocycles. The van der Waals surface area contributed by atoms with Crippen LogP contribution in [0.5, 0.6) is 0 Å². The Labute approximate surface area is 117 Å². The molecule has 7 heteroatoms. The molecular formula is C13H17N3O4. The molecule has 0 atom stereocenters. The Balaban J connectivity index is 3.25. The van der Waals surface area contributed by atoms with E-state index in [1.807, 2.05) is 0 Å². The zero-order chi connectivity index (χ0) is 15.0. The topological polar surface area (TPSA) is 82.9 Å². The van der Waals surface area contributed by atoms with Crippen molar-refractivity contribution >= 4 is 17.8 Å². The third-order valence-electron chi connectivity index (χ3n) is 2.41. The normalized spacial score (nSPS) is 11.5. The van der Waals surface area contributed by atoms with Gasteiger partial charge in [-0.3, -0.25) is 0 Å². The molecule has 0 amide bonds. The second-order valence-electron chi connectivity index (χ2n) is 3.68. The number of hydrogen-bond acceptors (Lipinski definition) is 7. The Hall–Kier alpha value is -2.44. The van der Waals surface area contributed by atoms with E-state index in [2.05, 4.69) is 15.1 Å². The molecule has 0 bridgehead atoms. The number of ether oxygens (including phenoxy) is 2. The van der Waals surface area contributed by atoms with Gasteiger partial charge in [0.05, 0.1) is 26.2 Å². The van der Waals surface area contributed by atoms with Crippen molar-refractivity contribution in [3.63, 3.8) is 0 Å². The second kappa shape index (κ2) is 7.88. The first-order valence-electron chi connectivity index (χ1n) is 5.87. The fourth-order valence-electron chi connectivity index (χ4n) is 1.59. The van der Waals surface area contributed by atoms with E-state index in [4.69, 9.17) is 14.3 Å². The molecule has 1 heterocycles. The van der Waals surface area contributed by atoms with Crippen molar-refractivity contribution in [3.05, 3.63) is 29.5 Å². The number of aromatic nitrogens is 2. The molecule has 0 saturated carbocycles. The lowest BCUT2D eigenvalue weighted by Crippen LogP contribution is -2.11. The van der Waals surface area contributed by atoms with Gasteiger partial charge in [0, 0.05) is 17.5 Å². The van der Waals surface area contributed by atoms with Crippen LogP contribution in [0.1, 0.15) is 23.9 Å². The van der Waals surface area contributed by atoms with Crippen molar-refractivity contribution in [2.45, 2.75) is 20.5 Å². The zero-order valence-corrected chi connectivity index (χ0v) is 11.9. The number of aryl methyl sites for hydroxylation is 1. The highest BCUT2D eigenvalue weighted by Crippen LogP contribution is 2.22. The van der Waals surface area contributed by atoms with E-state index < -0.39 is 5.97 Å². The number of carbonyl (C=O) groups is 1. The van der Waals surface area contributed by atoms with Crippen LogP contribution in [-0.4, -0.2) is 36.4 Å². The van der Waals surface area contributed by atoms with Crippen molar-refractivity contribution in [2.24, 2.45) is 5.16 Å². The first-order chi connectivity index (χ1) is 9.65. The summed E-state index contributed by atoms with van der Waals surface area (Å²) in [5, 5.41) is 3.66. The summed E-state index contributed by atoms with van der Waals surface area (Å²) in [5.74, 6) is -0.537. The second-order valence-corrected chi connectivity index (χ2v) is 3.68. The highest BCUT2D eigenvalue weighted by atomic mass is 16.6. The molecular weight excluding hydrogens is 262 g/mol. The number of carbonyl (C=O) groups excluding carboxylic acids is 1. The predicted molar refractivity (Wildman–Crippen MR) is 72.7 cm³/mol. The van der Waals surface area contributed by atoms with Crippen LogP contribution in [0, 0.1) is 6.92 Å². The van der Waals surface area contributed by atoms with E-state index in [1.54, 1.807) is 13.8 Å². The van der Waals surface area contributed by atoms with Gasteiger partial charge in [0.25, 0.3) is 0 Å². The molecule has 0 fully saturated rings. The van der Waals surface area contributed by atoms with Gasteiger partial charge < -0.3 is 14.3 Å². The fraction of sp³-hybridized carbons (Fsp3) is 0.385. The smallest absolute Gasteiger partial charge is 0.341 e. The van der Waals surface area contributed by atoms with Gasteiger partial charge in [-0.05, 0) is 13.8 Å². The summed E-state index contributed by atoms with van der Waals surface area (Å²) in [6, 6.07) is 0. The number of nitrogens with zero attached hydrogens (tertiary/aromatic N) is 3. The van der Waals surface area contributed by atoms with Crippen LogP contribution >= 0.6 is 0 Å². The van der Waals surface area contributed by atoms with Crippen LogP contribution in [0.15, 0.2) is 17.7 Å². The van der Waals surface area contributed by atoms with Crippen LogP contribution in [0.4, 0.5) is 0 Å². The van der Waals surface area contributed by atoms with Crippen molar-refractivity contribution in [1.29, 1.82) is 0 Å². The summed E-state index contributed by atoms with van der Waals surface area (Å²) in [6.45, 7) is 3.61.